The predicted molar refractivity (Wildman–Crippen MR) is 193 cm³/mol. The third kappa shape index (κ3) is 6.98. The molecule has 8 heteroatoms. The second-order valence-corrected chi connectivity index (χ2v) is 13.1. The molecule has 7 nitrogen and oxygen atoms in total. The average molecular weight is 668 g/mol. The Morgan fingerprint density at radius 2 is 0.860 bits per heavy atom. The first-order valence-electron chi connectivity index (χ1n) is 15.4. The number of likely N-dealkylation sites (N-methyl/N-ethyl adjacent to an activating group) is 1. The summed E-state index contributed by atoms with van der Waals surface area (Å²) >= 11 is 0. The minimum Gasteiger partial charge on any atom is -0.267 e. The van der Waals surface area contributed by atoms with Crippen LogP contribution >= 0.6 is 0 Å². The van der Waals surface area contributed by atoms with Crippen molar-refractivity contribution < 1.29 is 8.42 Å². The normalized spacial score (nSPS) is 10.3. The van der Waals surface area contributed by atoms with Gasteiger partial charge in [0.2, 0.25) is 0 Å². The van der Waals surface area contributed by atoms with Gasteiger partial charge in [-0.2, -0.15) is 21.0 Å². The number of hydrogen-bond donors (Lipinski definition) is 0. The van der Waals surface area contributed by atoms with Crippen molar-refractivity contribution in [2.75, 3.05) is 7.05 Å². The number of allylic oxidation sites excluding steroid dienone is 3. The lowest BCUT2D eigenvalue weighted by Gasteiger charge is -2.25. The second-order valence-electron chi connectivity index (χ2n) is 11.1. The number of nitrogens with zero attached hydrogens (tertiary/aromatic N) is 5. The van der Waals surface area contributed by atoms with Gasteiger partial charge in [-0.1, -0.05) is 133 Å². The van der Waals surface area contributed by atoms with Gasteiger partial charge in [-0.3, -0.25) is 4.31 Å². The molecule has 0 heterocycles. The van der Waals surface area contributed by atoms with Crippen LogP contribution in [0, 0.1) is 52.2 Å². The van der Waals surface area contributed by atoms with E-state index in [0.717, 1.165) is 43.3 Å². The van der Waals surface area contributed by atoms with E-state index in [1.807, 2.05) is 122 Å². The Kier molecular flexibility index (Phi) is 10.5. The number of nitriles is 4. The van der Waals surface area contributed by atoms with Gasteiger partial charge in [0.1, 0.15) is 29.8 Å². The quantitative estimate of drug-likeness (QED) is 0.0880. The average Bonchev–Trinajstić information content (AvgIpc) is 3.16. The smallest absolute Gasteiger partial charge is 0.264 e. The molecule has 0 amide bonds. The number of aryl methyl sites for hydroxylation is 1. The summed E-state index contributed by atoms with van der Waals surface area (Å²) in [4.78, 5) is -0.0875. The van der Waals surface area contributed by atoms with Crippen LogP contribution in [-0.2, 0) is 10.0 Å². The van der Waals surface area contributed by atoms with Crippen LogP contribution in [0.15, 0.2) is 161 Å². The molecule has 5 rings (SSSR count). The van der Waals surface area contributed by atoms with Gasteiger partial charge in [0.25, 0.3) is 10.0 Å². The van der Waals surface area contributed by atoms with Crippen molar-refractivity contribution in [3.8, 4) is 24.3 Å². The van der Waals surface area contributed by atoms with Gasteiger partial charge in [0.15, 0.2) is 5.57 Å². The van der Waals surface area contributed by atoms with Crippen LogP contribution in [0.4, 0.5) is 0 Å². The summed E-state index contributed by atoms with van der Waals surface area (Å²) in [5.74, 6) is 0. The van der Waals surface area contributed by atoms with Crippen molar-refractivity contribution in [1.29, 1.82) is 21.0 Å². The first-order chi connectivity index (χ1) is 24.2. The maximum absolute atomic E-state index is 13.9. The number of sulfonamides is 1. The van der Waals surface area contributed by atoms with Gasteiger partial charge in [-0.25, -0.2) is 8.42 Å². The van der Waals surface area contributed by atoms with Crippen LogP contribution in [0.3, 0.4) is 0 Å². The zero-order valence-corrected chi connectivity index (χ0v) is 28.1. The summed E-state index contributed by atoms with van der Waals surface area (Å²) in [6.45, 7) is 1.81. The topological polar surface area (TPSA) is 133 Å². The summed E-state index contributed by atoms with van der Waals surface area (Å²) in [7, 11) is -3.14. The lowest BCUT2D eigenvalue weighted by atomic mass is 9.85. The molecule has 0 aliphatic carbocycles. The molecular formula is C42H29N5O2S. The zero-order chi connectivity index (χ0) is 35.7. The van der Waals surface area contributed by atoms with E-state index in [1.165, 1.54) is 19.2 Å². The molecule has 0 aliphatic rings. The fourth-order valence-electron chi connectivity index (χ4n) is 5.62. The Morgan fingerprint density at radius 1 is 0.500 bits per heavy atom. The Bertz CT molecular complexity index is 2330. The van der Waals surface area contributed by atoms with Crippen molar-refractivity contribution >= 4 is 26.7 Å². The summed E-state index contributed by atoms with van der Waals surface area (Å²) in [5, 5.41) is 40.2. The molecule has 0 atom stereocenters. The molecular weight excluding hydrogens is 639 g/mol. The van der Waals surface area contributed by atoms with Crippen LogP contribution < -0.4 is 0 Å². The van der Waals surface area contributed by atoms with E-state index in [4.69, 9.17) is 0 Å². The third-order valence-electron chi connectivity index (χ3n) is 8.06. The number of hydrogen-bond acceptors (Lipinski definition) is 6. The van der Waals surface area contributed by atoms with Gasteiger partial charge in [0.05, 0.1) is 10.6 Å². The van der Waals surface area contributed by atoms with Crippen LogP contribution in [0.25, 0.3) is 16.7 Å². The minimum atomic E-state index is -4.34. The summed E-state index contributed by atoms with van der Waals surface area (Å²) in [6, 6.07) is 50.1. The molecule has 0 aliphatic heterocycles. The molecule has 0 bridgehead atoms. The SMILES string of the molecule is Cc1ccc(S(=O)(=O)N(C)C(=C(C#N)C#N)C(=C(C#N)C#N)c2ccc(C(=C(c3ccccc3)c3ccccc3)c3ccccc3)cc2)cc1. The molecule has 240 valence electrons. The molecule has 5 aromatic rings. The van der Waals surface area contributed by atoms with Crippen molar-refractivity contribution in [3.63, 3.8) is 0 Å². The summed E-state index contributed by atoms with van der Waals surface area (Å²) < 4.78 is 28.5. The van der Waals surface area contributed by atoms with Crippen LogP contribution in [0.5, 0.6) is 0 Å². The number of benzene rings is 5. The Labute approximate surface area is 292 Å². The lowest BCUT2D eigenvalue weighted by molar-refractivity contribution is 0.530. The van der Waals surface area contributed by atoms with Gasteiger partial charge in [-0.15, -0.1) is 0 Å². The van der Waals surface area contributed by atoms with Gasteiger partial charge in [-0.05, 0) is 58.0 Å². The zero-order valence-electron chi connectivity index (χ0n) is 27.2. The fourth-order valence-corrected chi connectivity index (χ4v) is 6.84. The second kappa shape index (κ2) is 15.3. The molecule has 50 heavy (non-hydrogen) atoms. The molecule has 5 aromatic carbocycles. The summed E-state index contributed by atoms with van der Waals surface area (Å²) in [5.41, 5.74) is 5.10. The highest BCUT2D eigenvalue weighted by Gasteiger charge is 2.31. The van der Waals surface area contributed by atoms with E-state index in [2.05, 4.69) is 0 Å². The lowest BCUT2D eigenvalue weighted by Crippen LogP contribution is -2.28. The van der Waals surface area contributed by atoms with Crippen molar-refractivity contribution in [2.24, 2.45) is 0 Å². The van der Waals surface area contributed by atoms with E-state index in [9.17, 15) is 29.5 Å². The highest BCUT2D eigenvalue weighted by molar-refractivity contribution is 7.89. The highest BCUT2D eigenvalue weighted by Crippen LogP contribution is 2.39. The highest BCUT2D eigenvalue weighted by atomic mass is 32.2. The molecule has 0 N–H and O–H groups in total. The maximum atomic E-state index is 13.9. The molecule has 0 radical (unpaired) electrons. The molecule has 0 saturated carbocycles. The van der Waals surface area contributed by atoms with E-state index < -0.39 is 21.2 Å². The van der Waals surface area contributed by atoms with Crippen molar-refractivity contribution in [2.45, 2.75) is 11.8 Å². The predicted octanol–water partition coefficient (Wildman–Crippen LogP) is 8.43. The largest absolute Gasteiger partial charge is 0.267 e. The van der Waals surface area contributed by atoms with Gasteiger partial charge < -0.3 is 0 Å². The van der Waals surface area contributed by atoms with Gasteiger partial charge >= 0.3 is 0 Å². The minimum absolute atomic E-state index is 0.0875. The third-order valence-corrected chi connectivity index (χ3v) is 9.84. The van der Waals surface area contributed by atoms with E-state index in [-0.39, 0.29) is 21.7 Å². The van der Waals surface area contributed by atoms with Gasteiger partial charge in [0, 0.05) is 12.6 Å². The molecule has 0 fully saturated rings. The Morgan fingerprint density at radius 3 is 1.24 bits per heavy atom. The maximum Gasteiger partial charge on any atom is 0.264 e. The fraction of sp³-hybridized carbons (Fsp3) is 0.0476. The van der Waals surface area contributed by atoms with E-state index in [0.29, 0.717) is 0 Å². The van der Waals surface area contributed by atoms with E-state index >= 15 is 0 Å². The van der Waals surface area contributed by atoms with Crippen LogP contribution in [0.2, 0.25) is 0 Å². The first-order valence-corrected chi connectivity index (χ1v) is 16.9. The van der Waals surface area contributed by atoms with Crippen LogP contribution in [-0.4, -0.2) is 19.8 Å². The Hall–Kier alpha value is -6.97. The molecule has 0 saturated heterocycles. The van der Waals surface area contributed by atoms with Crippen molar-refractivity contribution in [3.05, 3.63) is 190 Å². The van der Waals surface area contributed by atoms with Crippen molar-refractivity contribution in [1.82, 2.24) is 4.31 Å². The Balaban J connectivity index is 1.78. The summed E-state index contributed by atoms with van der Waals surface area (Å²) in [6.07, 6.45) is 0. The standard InChI is InChI=1S/C42H29N5O2S/c1-30-18-24-38(25-19-30)50(48,49)47(2)42(37(28-45)29-46)41(36(26-43)27-44)35-22-20-34(21-23-35)40(33-16-10-5-11-17-33)39(31-12-6-3-7-13-31)32-14-8-4-9-15-32/h3-25H,1-2H3. The monoisotopic (exact) mass is 667 g/mol. The van der Waals surface area contributed by atoms with E-state index in [1.54, 1.807) is 36.4 Å². The number of rotatable bonds is 9. The van der Waals surface area contributed by atoms with Crippen LogP contribution in [0.1, 0.15) is 33.4 Å². The molecule has 0 unspecified atom stereocenters. The molecule has 0 spiro atoms. The first kappa shape index (κ1) is 34.4. The molecule has 0 aromatic heterocycles.